The van der Waals surface area contributed by atoms with E-state index < -0.39 is 7.75 Å². The number of hydrogen-bond donors (Lipinski definition) is 1. The topological polar surface area (TPSA) is 47.6 Å². The summed E-state index contributed by atoms with van der Waals surface area (Å²) in [5.41, 5.74) is 2.54. The molecule has 0 saturated heterocycles. The van der Waals surface area contributed by atoms with Crippen LogP contribution in [0.25, 0.3) is 0 Å². The van der Waals surface area contributed by atoms with Gasteiger partial charge in [0.1, 0.15) is 0 Å². The Morgan fingerprint density at radius 1 is 1.00 bits per heavy atom. The highest BCUT2D eigenvalue weighted by atomic mass is 31.2. The van der Waals surface area contributed by atoms with E-state index in [4.69, 9.17) is 9.05 Å². The second kappa shape index (κ2) is 8.70. The minimum atomic E-state index is -3.17. The maximum absolute atomic E-state index is 12.3. The van der Waals surface area contributed by atoms with Crippen LogP contribution >= 0.6 is 7.75 Å². The first kappa shape index (κ1) is 18.4. The highest BCUT2D eigenvalue weighted by Crippen LogP contribution is 2.43. The third-order valence-corrected chi connectivity index (χ3v) is 5.13. The van der Waals surface area contributed by atoms with Gasteiger partial charge in [-0.2, -0.15) is 0 Å². The van der Waals surface area contributed by atoms with E-state index in [0.717, 1.165) is 0 Å². The fraction of sp³-hybridized carbons (Fsp3) is 0.625. The van der Waals surface area contributed by atoms with Crippen molar-refractivity contribution in [3.8, 4) is 0 Å². The van der Waals surface area contributed by atoms with Gasteiger partial charge in [0, 0.05) is 6.54 Å². The van der Waals surface area contributed by atoms with Gasteiger partial charge in [0.15, 0.2) is 0 Å². The van der Waals surface area contributed by atoms with Gasteiger partial charge in [0.25, 0.3) is 0 Å². The summed E-state index contributed by atoms with van der Waals surface area (Å²) < 4.78 is 22.8. The third kappa shape index (κ3) is 5.91. The lowest BCUT2D eigenvalue weighted by molar-refractivity contribution is 0.210. The summed E-state index contributed by atoms with van der Waals surface area (Å²) in [5.74, 6) is 0.768. The molecule has 0 saturated carbocycles. The van der Waals surface area contributed by atoms with E-state index in [9.17, 15) is 4.57 Å². The van der Waals surface area contributed by atoms with E-state index in [0.29, 0.717) is 25.7 Å². The summed E-state index contributed by atoms with van der Waals surface area (Å²) in [6.07, 6.45) is 0. The second-order valence-corrected chi connectivity index (χ2v) is 7.25. The fourth-order valence-corrected chi connectivity index (χ4v) is 3.48. The summed E-state index contributed by atoms with van der Waals surface area (Å²) in [6, 6.07) is 8.57. The van der Waals surface area contributed by atoms with Crippen molar-refractivity contribution in [1.29, 1.82) is 0 Å². The molecule has 120 valence electrons. The van der Waals surface area contributed by atoms with Crippen molar-refractivity contribution >= 4 is 7.75 Å². The van der Waals surface area contributed by atoms with Crippen molar-refractivity contribution in [3.05, 3.63) is 35.4 Å². The van der Waals surface area contributed by atoms with Crippen molar-refractivity contribution < 1.29 is 13.6 Å². The summed E-state index contributed by atoms with van der Waals surface area (Å²) in [4.78, 5) is 0. The molecule has 1 N–H and O–H groups in total. The average Bonchev–Trinajstić information content (AvgIpc) is 2.45. The first-order chi connectivity index (χ1) is 9.91. The zero-order chi connectivity index (χ0) is 15.9. The zero-order valence-corrected chi connectivity index (χ0v) is 14.7. The molecule has 1 rings (SSSR count). The molecule has 1 aromatic carbocycles. The highest BCUT2D eigenvalue weighted by molar-refractivity contribution is 7.51. The number of benzene rings is 1. The highest BCUT2D eigenvalue weighted by Gasteiger charge is 2.23. The minimum Gasteiger partial charge on any atom is -0.297 e. The van der Waals surface area contributed by atoms with Gasteiger partial charge in [0.2, 0.25) is 0 Å². The molecule has 0 aliphatic heterocycles. The summed E-state index contributed by atoms with van der Waals surface area (Å²) in [5, 5.41) is 2.94. The van der Waals surface area contributed by atoms with Crippen LogP contribution in [0.3, 0.4) is 0 Å². The zero-order valence-electron chi connectivity index (χ0n) is 13.8. The van der Waals surface area contributed by atoms with Gasteiger partial charge >= 0.3 is 7.75 Å². The molecular weight excluding hydrogens is 285 g/mol. The van der Waals surface area contributed by atoms with Crippen molar-refractivity contribution in [2.45, 2.75) is 46.5 Å². The maximum Gasteiger partial charge on any atom is 0.405 e. The van der Waals surface area contributed by atoms with Crippen molar-refractivity contribution in [3.63, 3.8) is 0 Å². The van der Waals surface area contributed by atoms with Gasteiger partial charge in [-0.15, -0.1) is 0 Å². The van der Waals surface area contributed by atoms with Crippen LogP contribution in [-0.2, 0) is 13.6 Å². The van der Waals surface area contributed by atoms with Crippen LogP contribution in [0.15, 0.2) is 24.3 Å². The van der Waals surface area contributed by atoms with E-state index in [2.05, 4.69) is 50.1 Å². The van der Waals surface area contributed by atoms with Crippen molar-refractivity contribution in [1.82, 2.24) is 5.09 Å². The normalized spacial score (nSPS) is 13.6. The number of hydrogen-bond acceptors (Lipinski definition) is 3. The van der Waals surface area contributed by atoms with E-state index in [1.807, 2.05) is 0 Å². The van der Waals surface area contributed by atoms with E-state index >= 15 is 0 Å². The van der Waals surface area contributed by atoms with Gasteiger partial charge in [-0.1, -0.05) is 45.0 Å². The molecule has 1 aromatic rings. The quantitative estimate of drug-likeness (QED) is 0.672. The smallest absolute Gasteiger partial charge is 0.297 e. The Hall–Kier alpha value is -0.670. The van der Waals surface area contributed by atoms with E-state index in [1.54, 1.807) is 13.8 Å². The summed E-state index contributed by atoms with van der Waals surface area (Å²) in [7, 11) is -3.17. The van der Waals surface area contributed by atoms with E-state index in [-0.39, 0.29) is 5.92 Å². The van der Waals surface area contributed by atoms with Crippen LogP contribution in [-0.4, -0.2) is 19.8 Å². The lowest BCUT2D eigenvalue weighted by atomic mass is 9.96. The van der Waals surface area contributed by atoms with Crippen LogP contribution in [0.1, 0.15) is 57.6 Å². The van der Waals surface area contributed by atoms with Crippen LogP contribution in [0.4, 0.5) is 0 Å². The van der Waals surface area contributed by atoms with Gasteiger partial charge < -0.3 is 0 Å². The Bertz CT molecular complexity index is 449. The molecule has 1 atom stereocenters. The monoisotopic (exact) mass is 313 g/mol. The van der Waals surface area contributed by atoms with Gasteiger partial charge in [-0.3, -0.25) is 9.05 Å². The molecule has 0 radical (unpaired) electrons. The van der Waals surface area contributed by atoms with Crippen molar-refractivity contribution in [2.75, 3.05) is 19.8 Å². The number of rotatable bonds is 9. The lowest BCUT2D eigenvalue weighted by Crippen LogP contribution is -2.20. The molecule has 0 aliphatic carbocycles. The Morgan fingerprint density at radius 2 is 1.48 bits per heavy atom. The SMILES string of the molecule is CCOP(=O)(NCC(C)c1ccc(C(C)C)cc1)OCC. The largest absolute Gasteiger partial charge is 0.405 e. The molecule has 1 unspecified atom stereocenters. The minimum absolute atomic E-state index is 0.237. The molecule has 21 heavy (non-hydrogen) atoms. The number of nitrogens with one attached hydrogen (secondary N) is 1. The Balaban J connectivity index is 2.63. The first-order valence-electron chi connectivity index (χ1n) is 7.66. The molecule has 0 aromatic heterocycles. The molecule has 0 aliphatic rings. The molecule has 0 spiro atoms. The van der Waals surface area contributed by atoms with Crippen LogP contribution in [0, 0.1) is 0 Å². The Kier molecular flexibility index (Phi) is 7.61. The Labute approximate surface area is 128 Å². The maximum atomic E-state index is 12.3. The van der Waals surface area contributed by atoms with Gasteiger partial charge in [-0.25, -0.2) is 9.65 Å². The molecule has 0 fully saturated rings. The Morgan fingerprint density at radius 3 is 1.90 bits per heavy atom. The molecule has 0 amide bonds. The predicted molar refractivity (Wildman–Crippen MR) is 87.8 cm³/mol. The van der Waals surface area contributed by atoms with Crippen LogP contribution in [0.5, 0.6) is 0 Å². The second-order valence-electron chi connectivity index (χ2n) is 5.42. The van der Waals surface area contributed by atoms with Crippen LogP contribution in [0.2, 0.25) is 0 Å². The van der Waals surface area contributed by atoms with Crippen LogP contribution < -0.4 is 5.09 Å². The molecular formula is C16H28NO3P. The van der Waals surface area contributed by atoms with Crippen molar-refractivity contribution in [2.24, 2.45) is 0 Å². The molecule has 4 nitrogen and oxygen atoms in total. The standard InChI is InChI=1S/C16H28NO3P/c1-6-19-21(18,20-7-2)17-12-14(5)16-10-8-15(9-11-16)13(3)4/h8-11,13-14H,6-7,12H2,1-5H3,(H,17,18). The summed E-state index contributed by atoms with van der Waals surface area (Å²) >= 11 is 0. The average molecular weight is 313 g/mol. The third-order valence-electron chi connectivity index (χ3n) is 3.36. The summed E-state index contributed by atoms with van der Waals surface area (Å²) in [6.45, 7) is 11.4. The van der Waals surface area contributed by atoms with Gasteiger partial charge in [0.05, 0.1) is 13.2 Å². The molecule has 0 heterocycles. The first-order valence-corrected chi connectivity index (χ1v) is 9.20. The fourth-order valence-electron chi connectivity index (χ4n) is 2.04. The molecule has 5 heteroatoms. The molecule has 0 bridgehead atoms. The van der Waals surface area contributed by atoms with Gasteiger partial charge in [-0.05, 0) is 36.8 Å². The van der Waals surface area contributed by atoms with E-state index in [1.165, 1.54) is 11.1 Å². The predicted octanol–water partition coefficient (Wildman–Crippen LogP) is 4.68. The lowest BCUT2D eigenvalue weighted by Gasteiger charge is -2.20.